The molecular formula is C15H21F2NO. The summed E-state index contributed by atoms with van der Waals surface area (Å²) in [6, 6.07) is 3.52. The highest BCUT2D eigenvalue weighted by Gasteiger charge is 2.39. The molecule has 0 amide bonds. The standard InChI is InChI=1S/C15H21F2NO/c1-19-15(9-4-2-3-5-10-15)14(18)11-7-6-8-12(16)13(11)17/h6-8,14H,2-5,9-10,18H2,1H3. The number of benzene rings is 1. The minimum absolute atomic E-state index is 0.212. The molecule has 1 aromatic carbocycles. The molecule has 0 spiro atoms. The van der Waals surface area contributed by atoms with Gasteiger partial charge in [0, 0.05) is 12.7 Å². The van der Waals surface area contributed by atoms with Crippen LogP contribution >= 0.6 is 0 Å². The summed E-state index contributed by atoms with van der Waals surface area (Å²) in [6.07, 6.45) is 5.89. The van der Waals surface area contributed by atoms with Crippen molar-refractivity contribution < 1.29 is 13.5 Å². The van der Waals surface area contributed by atoms with E-state index < -0.39 is 23.3 Å². The van der Waals surface area contributed by atoms with Gasteiger partial charge >= 0.3 is 0 Å². The fraction of sp³-hybridized carbons (Fsp3) is 0.600. The number of rotatable bonds is 3. The molecule has 2 rings (SSSR count). The fourth-order valence-electron chi connectivity index (χ4n) is 3.01. The van der Waals surface area contributed by atoms with Gasteiger partial charge in [-0.1, -0.05) is 37.8 Å². The van der Waals surface area contributed by atoms with Crippen LogP contribution in [0.5, 0.6) is 0 Å². The van der Waals surface area contributed by atoms with E-state index in [1.807, 2.05) is 0 Å². The number of hydrogen-bond donors (Lipinski definition) is 1. The SMILES string of the molecule is COC1(C(N)c2cccc(F)c2F)CCCCCC1. The predicted octanol–water partition coefficient (Wildman–Crippen LogP) is 3.70. The van der Waals surface area contributed by atoms with Crippen LogP contribution < -0.4 is 5.73 Å². The molecule has 1 saturated carbocycles. The molecule has 1 aliphatic carbocycles. The largest absolute Gasteiger partial charge is 0.376 e. The summed E-state index contributed by atoms with van der Waals surface area (Å²) in [4.78, 5) is 0. The third kappa shape index (κ3) is 2.79. The summed E-state index contributed by atoms with van der Waals surface area (Å²) >= 11 is 0. The Kier molecular flexibility index (Phi) is 4.53. The van der Waals surface area contributed by atoms with E-state index in [2.05, 4.69) is 0 Å². The lowest BCUT2D eigenvalue weighted by atomic mass is 9.82. The Balaban J connectivity index is 2.34. The Labute approximate surface area is 112 Å². The van der Waals surface area contributed by atoms with Gasteiger partial charge in [-0.15, -0.1) is 0 Å². The van der Waals surface area contributed by atoms with Gasteiger partial charge in [0.05, 0.1) is 11.6 Å². The van der Waals surface area contributed by atoms with Gasteiger partial charge in [-0.3, -0.25) is 0 Å². The molecule has 4 heteroatoms. The monoisotopic (exact) mass is 269 g/mol. The summed E-state index contributed by atoms with van der Waals surface area (Å²) < 4.78 is 32.9. The lowest BCUT2D eigenvalue weighted by molar-refractivity contribution is -0.0450. The Morgan fingerprint density at radius 3 is 2.37 bits per heavy atom. The van der Waals surface area contributed by atoms with Crippen molar-refractivity contribution in [2.75, 3.05) is 7.11 Å². The molecule has 0 radical (unpaired) electrons. The third-order valence-corrected chi connectivity index (χ3v) is 4.24. The van der Waals surface area contributed by atoms with Crippen LogP contribution in [0.15, 0.2) is 18.2 Å². The van der Waals surface area contributed by atoms with Crippen LogP contribution in [0.1, 0.15) is 50.1 Å². The second-order valence-corrected chi connectivity index (χ2v) is 5.30. The van der Waals surface area contributed by atoms with E-state index in [0.717, 1.165) is 44.6 Å². The zero-order valence-corrected chi connectivity index (χ0v) is 11.3. The van der Waals surface area contributed by atoms with Gasteiger partial charge in [-0.2, -0.15) is 0 Å². The molecule has 1 atom stereocenters. The fourth-order valence-corrected chi connectivity index (χ4v) is 3.01. The molecule has 1 aromatic rings. The van der Waals surface area contributed by atoms with Gasteiger partial charge in [-0.05, 0) is 18.9 Å². The van der Waals surface area contributed by atoms with Crippen molar-refractivity contribution in [1.82, 2.24) is 0 Å². The van der Waals surface area contributed by atoms with Crippen molar-refractivity contribution in [2.45, 2.75) is 50.2 Å². The number of nitrogens with two attached hydrogens (primary N) is 1. The zero-order chi connectivity index (χ0) is 13.9. The van der Waals surface area contributed by atoms with Crippen LogP contribution in [0.2, 0.25) is 0 Å². The highest BCUT2D eigenvalue weighted by atomic mass is 19.2. The molecule has 1 aliphatic rings. The summed E-state index contributed by atoms with van der Waals surface area (Å²) in [6.45, 7) is 0. The molecule has 19 heavy (non-hydrogen) atoms. The smallest absolute Gasteiger partial charge is 0.163 e. The molecule has 0 bridgehead atoms. The van der Waals surface area contributed by atoms with Gasteiger partial charge in [0.15, 0.2) is 11.6 Å². The van der Waals surface area contributed by atoms with Crippen LogP contribution in [-0.2, 0) is 4.74 Å². The number of hydrogen-bond acceptors (Lipinski definition) is 2. The second kappa shape index (κ2) is 5.97. The Hall–Kier alpha value is -1.00. The van der Waals surface area contributed by atoms with E-state index in [4.69, 9.17) is 10.5 Å². The first-order valence-corrected chi connectivity index (χ1v) is 6.85. The summed E-state index contributed by atoms with van der Waals surface area (Å²) in [5, 5.41) is 0. The Bertz CT molecular complexity index is 428. The molecule has 0 aliphatic heterocycles. The first-order valence-electron chi connectivity index (χ1n) is 6.85. The lowest BCUT2D eigenvalue weighted by Crippen LogP contribution is -2.43. The van der Waals surface area contributed by atoms with Crippen molar-refractivity contribution in [3.8, 4) is 0 Å². The van der Waals surface area contributed by atoms with Gasteiger partial charge in [0.2, 0.25) is 0 Å². The average Bonchev–Trinajstić information content (AvgIpc) is 2.67. The summed E-state index contributed by atoms with van der Waals surface area (Å²) in [5.74, 6) is -1.71. The number of ether oxygens (including phenoxy) is 1. The van der Waals surface area contributed by atoms with Crippen molar-refractivity contribution in [3.63, 3.8) is 0 Å². The van der Waals surface area contributed by atoms with Crippen molar-refractivity contribution in [3.05, 3.63) is 35.4 Å². The van der Waals surface area contributed by atoms with Gasteiger partial charge in [0.25, 0.3) is 0 Å². The zero-order valence-electron chi connectivity index (χ0n) is 11.3. The van der Waals surface area contributed by atoms with Gasteiger partial charge in [0.1, 0.15) is 0 Å². The predicted molar refractivity (Wildman–Crippen MR) is 70.7 cm³/mol. The summed E-state index contributed by atoms with van der Waals surface area (Å²) in [5.41, 5.74) is 5.86. The minimum Gasteiger partial charge on any atom is -0.376 e. The third-order valence-electron chi connectivity index (χ3n) is 4.24. The molecule has 0 heterocycles. The molecule has 106 valence electrons. The van der Waals surface area contributed by atoms with Crippen LogP contribution in [0.4, 0.5) is 8.78 Å². The lowest BCUT2D eigenvalue weighted by Gasteiger charge is -2.37. The maximum atomic E-state index is 13.9. The number of methoxy groups -OCH3 is 1. The highest BCUT2D eigenvalue weighted by molar-refractivity contribution is 5.25. The average molecular weight is 269 g/mol. The quantitative estimate of drug-likeness (QED) is 0.849. The Morgan fingerprint density at radius 2 is 1.79 bits per heavy atom. The van der Waals surface area contributed by atoms with Crippen LogP contribution in [0.3, 0.4) is 0 Å². The van der Waals surface area contributed by atoms with Crippen LogP contribution in [0.25, 0.3) is 0 Å². The Morgan fingerprint density at radius 1 is 1.16 bits per heavy atom. The van der Waals surface area contributed by atoms with Crippen LogP contribution in [0, 0.1) is 11.6 Å². The van der Waals surface area contributed by atoms with Crippen molar-refractivity contribution in [2.24, 2.45) is 5.73 Å². The molecule has 1 fully saturated rings. The summed E-state index contributed by atoms with van der Waals surface area (Å²) in [7, 11) is 1.61. The van der Waals surface area contributed by atoms with Gasteiger partial charge in [-0.25, -0.2) is 8.78 Å². The minimum atomic E-state index is -0.854. The first kappa shape index (κ1) is 14.4. The molecule has 2 nitrogen and oxygen atoms in total. The first-order chi connectivity index (χ1) is 9.10. The number of halogens is 2. The molecule has 1 unspecified atom stereocenters. The molecular weight excluding hydrogens is 248 g/mol. The molecule has 2 N–H and O–H groups in total. The van der Waals surface area contributed by atoms with E-state index in [1.165, 1.54) is 6.07 Å². The molecule has 0 saturated heterocycles. The highest BCUT2D eigenvalue weighted by Crippen LogP contribution is 2.39. The van der Waals surface area contributed by atoms with E-state index in [1.54, 1.807) is 13.2 Å². The second-order valence-electron chi connectivity index (χ2n) is 5.30. The van der Waals surface area contributed by atoms with Gasteiger partial charge < -0.3 is 10.5 Å². The van der Waals surface area contributed by atoms with Crippen molar-refractivity contribution >= 4 is 0 Å². The molecule has 0 aromatic heterocycles. The van der Waals surface area contributed by atoms with E-state index >= 15 is 0 Å². The maximum absolute atomic E-state index is 13.9. The maximum Gasteiger partial charge on any atom is 0.163 e. The normalized spacial score (nSPS) is 20.8. The van der Waals surface area contributed by atoms with Crippen LogP contribution in [-0.4, -0.2) is 12.7 Å². The van der Waals surface area contributed by atoms with Crippen molar-refractivity contribution in [1.29, 1.82) is 0 Å². The van der Waals surface area contributed by atoms with E-state index in [0.29, 0.717) is 0 Å². The van der Waals surface area contributed by atoms with E-state index in [-0.39, 0.29) is 5.56 Å². The topological polar surface area (TPSA) is 35.2 Å². The van der Waals surface area contributed by atoms with E-state index in [9.17, 15) is 8.78 Å².